The molecule has 0 saturated carbocycles. The second kappa shape index (κ2) is 8.28. The molecule has 2 aliphatic rings. The number of amides is 3. The molecule has 2 aliphatic heterocycles. The summed E-state index contributed by atoms with van der Waals surface area (Å²) in [4.78, 5) is 40.5. The van der Waals surface area contributed by atoms with Crippen molar-refractivity contribution in [3.63, 3.8) is 0 Å². The maximum atomic E-state index is 14.1. The molecule has 2 heterocycles. The van der Waals surface area contributed by atoms with Gasteiger partial charge in [-0.05, 0) is 49.6 Å². The average molecular weight is 428 g/mol. The van der Waals surface area contributed by atoms with Gasteiger partial charge in [-0.15, -0.1) is 0 Å². The second-order valence-electron chi connectivity index (χ2n) is 7.14. The number of halogens is 2. The van der Waals surface area contributed by atoms with E-state index in [2.05, 4.69) is 5.32 Å². The van der Waals surface area contributed by atoms with E-state index in [1.807, 2.05) is 0 Å². The Labute approximate surface area is 177 Å². The number of carbonyl (C=O) groups excluding carboxylic acids is 3. The van der Waals surface area contributed by atoms with Gasteiger partial charge in [-0.25, -0.2) is 9.29 Å². The number of benzene rings is 2. The summed E-state index contributed by atoms with van der Waals surface area (Å²) in [6, 6.07) is 12.1. The molecule has 0 radical (unpaired) electrons. The highest BCUT2D eigenvalue weighted by molar-refractivity contribution is 6.53. The molecule has 1 fully saturated rings. The number of imide groups is 1. The number of nitrogens with one attached hydrogen (secondary N) is 1. The first-order valence-electron chi connectivity index (χ1n) is 9.67. The Hall–Kier alpha value is -3.19. The van der Waals surface area contributed by atoms with Crippen molar-refractivity contribution in [3.8, 4) is 0 Å². The van der Waals surface area contributed by atoms with Crippen LogP contribution in [0.15, 0.2) is 59.3 Å². The van der Waals surface area contributed by atoms with Gasteiger partial charge in [0.15, 0.2) is 0 Å². The van der Waals surface area contributed by atoms with Gasteiger partial charge >= 0.3 is 0 Å². The zero-order valence-corrected chi connectivity index (χ0v) is 16.8. The van der Waals surface area contributed by atoms with Gasteiger partial charge in [0, 0.05) is 24.3 Å². The third kappa shape index (κ3) is 3.68. The Morgan fingerprint density at radius 3 is 2.43 bits per heavy atom. The maximum Gasteiger partial charge on any atom is 0.283 e. The van der Waals surface area contributed by atoms with Gasteiger partial charge in [-0.2, -0.15) is 0 Å². The molecule has 1 saturated heterocycles. The maximum absolute atomic E-state index is 14.1. The van der Waals surface area contributed by atoms with E-state index in [1.54, 1.807) is 29.2 Å². The zero-order valence-electron chi connectivity index (χ0n) is 16.0. The van der Waals surface area contributed by atoms with E-state index >= 15 is 0 Å². The number of rotatable bonds is 4. The van der Waals surface area contributed by atoms with Crippen molar-refractivity contribution in [2.24, 2.45) is 0 Å². The van der Waals surface area contributed by atoms with Crippen molar-refractivity contribution in [2.75, 3.05) is 23.3 Å². The third-order valence-electron chi connectivity index (χ3n) is 5.14. The normalized spacial score (nSPS) is 17.0. The first-order valence-corrected chi connectivity index (χ1v) is 10.0. The van der Waals surface area contributed by atoms with Crippen LogP contribution in [0.4, 0.5) is 15.8 Å². The van der Waals surface area contributed by atoms with E-state index in [-0.39, 0.29) is 22.3 Å². The molecule has 0 bridgehead atoms. The summed E-state index contributed by atoms with van der Waals surface area (Å²) in [6.45, 7) is 1.44. The van der Waals surface area contributed by atoms with Gasteiger partial charge < -0.3 is 10.2 Å². The number of para-hydroxylation sites is 1. The predicted octanol–water partition coefficient (Wildman–Crippen LogP) is 3.89. The van der Waals surface area contributed by atoms with Crippen LogP contribution in [0.25, 0.3) is 0 Å². The Morgan fingerprint density at radius 1 is 0.967 bits per heavy atom. The average Bonchev–Trinajstić information content (AvgIpc) is 2.98. The van der Waals surface area contributed by atoms with Crippen molar-refractivity contribution in [2.45, 2.75) is 19.3 Å². The van der Waals surface area contributed by atoms with E-state index < -0.39 is 17.6 Å². The summed E-state index contributed by atoms with van der Waals surface area (Å²) in [7, 11) is 0. The molecule has 2 aromatic carbocycles. The SMILES string of the molecule is O=C(c1cccc(NC2=C(Cl)C(=O)N(c3ccccc3F)C2=O)c1)N1CCCCC1. The van der Waals surface area contributed by atoms with Crippen LogP contribution in [0.2, 0.25) is 0 Å². The Bertz CT molecular complexity index is 1060. The molecule has 30 heavy (non-hydrogen) atoms. The lowest BCUT2D eigenvalue weighted by atomic mass is 10.1. The van der Waals surface area contributed by atoms with Gasteiger partial charge in [0.1, 0.15) is 16.5 Å². The molecule has 0 unspecified atom stereocenters. The van der Waals surface area contributed by atoms with Crippen molar-refractivity contribution >= 4 is 40.7 Å². The summed E-state index contributed by atoms with van der Waals surface area (Å²) < 4.78 is 14.1. The zero-order chi connectivity index (χ0) is 21.3. The van der Waals surface area contributed by atoms with E-state index in [1.165, 1.54) is 18.2 Å². The lowest BCUT2D eigenvalue weighted by molar-refractivity contribution is -0.120. The highest BCUT2D eigenvalue weighted by Crippen LogP contribution is 2.31. The van der Waals surface area contributed by atoms with Crippen LogP contribution in [0.1, 0.15) is 29.6 Å². The summed E-state index contributed by atoms with van der Waals surface area (Å²) in [6.07, 6.45) is 3.08. The van der Waals surface area contributed by atoms with Crippen molar-refractivity contribution in [1.29, 1.82) is 0 Å². The fourth-order valence-electron chi connectivity index (χ4n) is 3.62. The van der Waals surface area contributed by atoms with E-state index in [0.29, 0.717) is 16.2 Å². The van der Waals surface area contributed by atoms with Crippen LogP contribution in [-0.4, -0.2) is 35.7 Å². The molecular formula is C22H19ClFN3O3. The van der Waals surface area contributed by atoms with Crippen LogP contribution in [0, 0.1) is 5.82 Å². The van der Waals surface area contributed by atoms with Crippen molar-refractivity contribution < 1.29 is 18.8 Å². The van der Waals surface area contributed by atoms with E-state index in [9.17, 15) is 18.8 Å². The second-order valence-corrected chi connectivity index (χ2v) is 7.52. The largest absolute Gasteiger partial charge is 0.350 e. The minimum atomic E-state index is -0.810. The molecule has 0 spiro atoms. The summed E-state index contributed by atoms with van der Waals surface area (Å²) in [5.74, 6) is -2.36. The van der Waals surface area contributed by atoms with Crippen molar-refractivity contribution in [1.82, 2.24) is 4.90 Å². The third-order valence-corrected chi connectivity index (χ3v) is 5.49. The Kier molecular flexibility index (Phi) is 5.55. The van der Waals surface area contributed by atoms with E-state index in [0.717, 1.165) is 38.4 Å². The standard InChI is InChI=1S/C22H19ClFN3O3/c23-18-19(22(30)27(21(18)29)17-10-3-2-9-16(17)24)25-15-8-6-7-14(13-15)20(28)26-11-4-1-5-12-26/h2-3,6-10,13,25H,1,4-5,11-12H2. The summed E-state index contributed by atoms with van der Waals surface area (Å²) in [5, 5.41) is 2.49. The molecule has 2 aromatic rings. The molecule has 1 N–H and O–H groups in total. The molecule has 0 aromatic heterocycles. The number of anilines is 2. The lowest BCUT2D eigenvalue weighted by Crippen LogP contribution is -2.35. The first kappa shape index (κ1) is 20.1. The van der Waals surface area contributed by atoms with Gasteiger partial charge in [0.05, 0.1) is 5.69 Å². The van der Waals surface area contributed by atoms with Gasteiger partial charge in [0.25, 0.3) is 17.7 Å². The molecule has 6 nitrogen and oxygen atoms in total. The molecule has 154 valence electrons. The smallest absolute Gasteiger partial charge is 0.283 e. The number of nitrogens with zero attached hydrogens (tertiary/aromatic N) is 2. The fraction of sp³-hybridized carbons (Fsp3) is 0.227. The minimum Gasteiger partial charge on any atom is -0.350 e. The molecule has 8 heteroatoms. The summed E-state index contributed by atoms with van der Waals surface area (Å²) in [5.41, 5.74) is 0.577. The monoisotopic (exact) mass is 427 g/mol. The molecule has 3 amide bonds. The number of piperidine rings is 1. The topological polar surface area (TPSA) is 69.7 Å². The fourth-order valence-corrected chi connectivity index (χ4v) is 3.83. The van der Waals surface area contributed by atoms with Crippen LogP contribution < -0.4 is 10.2 Å². The number of carbonyl (C=O) groups is 3. The molecular weight excluding hydrogens is 409 g/mol. The van der Waals surface area contributed by atoms with Crippen molar-refractivity contribution in [3.05, 3.63) is 70.6 Å². The van der Waals surface area contributed by atoms with Gasteiger partial charge in [-0.1, -0.05) is 29.8 Å². The molecule has 4 rings (SSSR count). The Balaban J connectivity index is 1.57. The van der Waals surface area contributed by atoms with Crippen LogP contribution in [-0.2, 0) is 9.59 Å². The number of hydrogen-bond donors (Lipinski definition) is 1. The van der Waals surface area contributed by atoms with Gasteiger partial charge in [-0.3, -0.25) is 14.4 Å². The number of likely N-dealkylation sites (tertiary alicyclic amines) is 1. The highest BCUT2D eigenvalue weighted by Gasteiger charge is 2.40. The van der Waals surface area contributed by atoms with Crippen LogP contribution in [0.3, 0.4) is 0 Å². The number of hydrogen-bond acceptors (Lipinski definition) is 4. The predicted molar refractivity (Wildman–Crippen MR) is 112 cm³/mol. The van der Waals surface area contributed by atoms with E-state index in [4.69, 9.17) is 11.6 Å². The lowest BCUT2D eigenvalue weighted by Gasteiger charge is -2.26. The van der Waals surface area contributed by atoms with Crippen LogP contribution in [0.5, 0.6) is 0 Å². The quantitative estimate of drug-likeness (QED) is 0.751. The summed E-state index contributed by atoms with van der Waals surface area (Å²) >= 11 is 6.10. The highest BCUT2D eigenvalue weighted by atomic mass is 35.5. The van der Waals surface area contributed by atoms with Gasteiger partial charge in [0.2, 0.25) is 0 Å². The molecule has 0 aliphatic carbocycles. The first-order chi connectivity index (χ1) is 14.5. The van der Waals surface area contributed by atoms with Crippen LogP contribution >= 0.6 is 11.6 Å². The minimum absolute atomic E-state index is 0.0831. The Morgan fingerprint density at radius 2 is 1.70 bits per heavy atom. The molecule has 0 atom stereocenters.